The van der Waals surface area contributed by atoms with E-state index >= 15 is 0 Å². The minimum Gasteiger partial charge on any atom is -0.374 e. The number of urea groups is 1. The second kappa shape index (κ2) is 10.8. The van der Waals surface area contributed by atoms with Gasteiger partial charge in [0, 0.05) is 37.7 Å². The second-order valence-electron chi connectivity index (χ2n) is 7.50. The third-order valence-electron chi connectivity index (χ3n) is 5.45. The highest BCUT2D eigenvalue weighted by Gasteiger charge is 2.27. The molecule has 1 N–H and O–H groups in total. The number of rotatable bonds is 8. The first kappa shape index (κ1) is 21.1. The lowest BCUT2D eigenvalue weighted by Crippen LogP contribution is -2.45. The predicted octanol–water partition coefficient (Wildman–Crippen LogP) is 4.46. The highest BCUT2D eigenvalue weighted by molar-refractivity contribution is 5.97. The quantitative estimate of drug-likeness (QED) is 0.531. The van der Waals surface area contributed by atoms with Gasteiger partial charge in [0.15, 0.2) is 5.78 Å². The van der Waals surface area contributed by atoms with Crippen LogP contribution in [0.3, 0.4) is 0 Å². The molecule has 29 heavy (non-hydrogen) atoms. The van der Waals surface area contributed by atoms with Crippen LogP contribution in [0.4, 0.5) is 4.79 Å². The average molecular weight is 395 g/mol. The molecule has 1 aliphatic rings. The van der Waals surface area contributed by atoms with Gasteiger partial charge in [-0.3, -0.25) is 4.79 Å². The second-order valence-corrected chi connectivity index (χ2v) is 7.50. The van der Waals surface area contributed by atoms with Gasteiger partial charge in [-0.2, -0.15) is 0 Å². The Labute approximate surface area is 173 Å². The summed E-state index contributed by atoms with van der Waals surface area (Å²) in [6, 6.07) is 19.5. The molecule has 0 spiro atoms. The molecule has 1 aliphatic heterocycles. The molecule has 3 rings (SSSR count). The van der Waals surface area contributed by atoms with Crippen LogP contribution < -0.4 is 5.32 Å². The number of carbonyl (C=O) groups is 2. The molecule has 0 radical (unpaired) electrons. The van der Waals surface area contributed by atoms with E-state index in [-0.39, 0.29) is 23.8 Å². The normalized spacial score (nSPS) is 15.7. The Morgan fingerprint density at radius 2 is 1.66 bits per heavy atom. The summed E-state index contributed by atoms with van der Waals surface area (Å²) in [5.74, 6) is 0.199. The largest absolute Gasteiger partial charge is 0.374 e. The summed E-state index contributed by atoms with van der Waals surface area (Å²) in [7, 11) is 0. The Kier molecular flexibility index (Phi) is 7.82. The highest BCUT2D eigenvalue weighted by atomic mass is 16.5. The van der Waals surface area contributed by atoms with Crippen LogP contribution in [0, 0.1) is 5.92 Å². The molecule has 2 aromatic rings. The SMILES string of the molecule is CC(OCCCNC(=O)N1CCC(C(=O)c2ccccc2)CC1)c1ccccc1. The van der Waals surface area contributed by atoms with Crippen molar-refractivity contribution in [3.05, 3.63) is 71.8 Å². The van der Waals surface area contributed by atoms with Crippen LogP contribution in [0.5, 0.6) is 0 Å². The summed E-state index contributed by atoms with van der Waals surface area (Å²) in [6.07, 6.45) is 2.26. The minimum atomic E-state index is -0.0493. The van der Waals surface area contributed by atoms with Gasteiger partial charge in [0.1, 0.15) is 0 Å². The highest BCUT2D eigenvalue weighted by Crippen LogP contribution is 2.22. The monoisotopic (exact) mass is 394 g/mol. The molecule has 1 atom stereocenters. The molecule has 5 nitrogen and oxygen atoms in total. The van der Waals surface area contributed by atoms with Gasteiger partial charge in [-0.05, 0) is 31.7 Å². The third kappa shape index (κ3) is 6.16. The van der Waals surface area contributed by atoms with Crippen LogP contribution in [0.2, 0.25) is 0 Å². The van der Waals surface area contributed by atoms with Gasteiger partial charge in [-0.15, -0.1) is 0 Å². The lowest BCUT2D eigenvalue weighted by Gasteiger charge is -2.31. The van der Waals surface area contributed by atoms with E-state index in [0.29, 0.717) is 26.2 Å². The molecule has 1 unspecified atom stereocenters. The Balaban J connectivity index is 1.31. The van der Waals surface area contributed by atoms with E-state index in [9.17, 15) is 9.59 Å². The molecule has 0 bridgehead atoms. The molecular weight excluding hydrogens is 364 g/mol. The molecule has 1 fully saturated rings. The minimum absolute atomic E-state index is 0.00863. The number of ketones is 1. The Hall–Kier alpha value is -2.66. The first-order chi connectivity index (χ1) is 14.1. The van der Waals surface area contributed by atoms with Crippen molar-refractivity contribution in [2.45, 2.75) is 32.3 Å². The van der Waals surface area contributed by atoms with Crippen molar-refractivity contribution in [2.75, 3.05) is 26.2 Å². The molecular formula is C24H30N2O3. The fraction of sp³-hybridized carbons (Fsp3) is 0.417. The standard InChI is InChI=1S/C24H30N2O3/c1-19(20-9-4-2-5-10-20)29-18-8-15-25-24(28)26-16-13-22(14-17-26)23(27)21-11-6-3-7-12-21/h2-7,9-12,19,22H,8,13-18H2,1H3,(H,25,28). The van der Waals surface area contributed by atoms with Gasteiger partial charge in [-0.25, -0.2) is 4.79 Å². The van der Waals surface area contributed by atoms with Crippen LogP contribution in [0.1, 0.15) is 48.2 Å². The van der Waals surface area contributed by atoms with E-state index in [4.69, 9.17) is 4.74 Å². The maximum Gasteiger partial charge on any atom is 0.317 e. The first-order valence-electron chi connectivity index (χ1n) is 10.4. The summed E-state index contributed by atoms with van der Waals surface area (Å²) < 4.78 is 5.84. The van der Waals surface area contributed by atoms with E-state index in [1.54, 1.807) is 0 Å². The zero-order chi connectivity index (χ0) is 20.5. The van der Waals surface area contributed by atoms with Crippen LogP contribution in [-0.2, 0) is 4.74 Å². The zero-order valence-corrected chi connectivity index (χ0v) is 17.0. The number of amides is 2. The maximum absolute atomic E-state index is 12.5. The van der Waals surface area contributed by atoms with Crippen molar-refractivity contribution < 1.29 is 14.3 Å². The molecule has 1 heterocycles. The number of nitrogens with one attached hydrogen (secondary N) is 1. The smallest absolute Gasteiger partial charge is 0.317 e. The van der Waals surface area contributed by atoms with Gasteiger partial charge in [-0.1, -0.05) is 60.7 Å². The summed E-state index contributed by atoms with van der Waals surface area (Å²) in [4.78, 5) is 26.7. The number of carbonyl (C=O) groups excluding carboxylic acids is 2. The van der Waals surface area contributed by atoms with Crippen molar-refractivity contribution in [2.24, 2.45) is 5.92 Å². The molecule has 0 aliphatic carbocycles. The molecule has 2 aromatic carbocycles. The molecule has 2 amide bonds. The number of hydrogen-bond donors (Lipinski definition) is 1. The lowest BCUT2D eigenvalue weighted by atomic mass is 9.89. The number of nitrogens with zero attached hydrogens (tertiary/aromatic N) is 1. The topological polar surface area (TPSA) is 58.6 Å². The Bertz CT molecular complexity index is 771. The van der Waals surface area contributed by atoms with Crippen LogP contribution in [-0.4, -0.2) is 43.0 Å². The summed E-state index contributed by atoms with van der Waals surface area (Å²) in [6.45, 7) is 4.47. The van der Waals surface area contributed by atoms with Gasteiger partial charge in [0.25, 0.3) is 0 Å². The summed E-state index contributed by atoms with van der Waals surface area (Å²) in [5.41, 5.74) is 1.92. The van der Waals surface area contributed by atoms with Crippen molar-refractivity contribution in [1.82, 2.24) is 10.2 Å². The fourth-order valence-corrected chi connectivity index (χ4v) is 3.64. The van der Waals surface area contributed by atoms with E-state index in [2.05, 4.69) is 17.4 Å². The number of ether oxygens (including phenoxy) is 1. The van der Waals surface area contributed by atoms with Crippen LogP contribution in [0.25, 0.3) is 0 Å². The first-order valence-corrected chi connectivity index (χ1v) is 10.4. The fourth-order valence-electron chi connectivity index (χ4n) is 3.64. The molecule has 5 heteroatoms. The number of likely N-dealkylation sites (tertiary alicyclic amines) is 1. The van der Waals surface area contributed by atoms with Crippen molar-refractivity contribution in [3.8, 4) is 0 Å². The number of piperidine rings is 1. The van der Waals surface area contributed by atoms with E-state index < -0.39 is 0 Å². The van der Waals surface area contributed by atoms with Crippen molar-refractivity contribution in [3.63, 3.8) is 0 Å². The number of Topliss-reactive ketones (excluding diaryl/α,β-unsaturated/α-hetero) is 1. The lowest BCUT2D eigenvalue weighted by molar-refractivity contribution is 0.0640. The maximum atomic E-state index is 12.5. The Morgan fingerprint density at radius 1 is 1.03 bits per heavy atom. The third-order valence-corrected chi connectivity index (χ3v) is 5.45. The average Bonchev–Trinajstić information content (AvgIpc) is 2.79. The van der Waals surface area contributed by atoms with E-state index in [0.717, 1.165) is 30.4 Å². The summed E-state index contributed by atoms with van der Waals surface area (Å²) in [5, 5.41) is 2.96. The van der Waals surface area contributed by atoms with Gasteiger partial charge in [0.2, 0.25) is 0 Å². The summed E-state index contributed by atoms with van der Waals surface area (Å²) >= 11 is 0. The van der Waals surface area contributed by atoms with Crippen molar-refractivity contribution in [1.29, 1.82) is 0 Å². The van der Waals surface area contributed by atoms with E-state index in [1.165, 1.54) is 0 Å². The molecule has 1 saturated heterocycles. The molecule has 0 saturated carbocycles. The molecule has 0 aromatic heterocycles. The van der Waals surface area contributed by atoms with Gasteiger partial charge < -0.3 is 15.0 Å². The zero-order valence-electron chi connectivity index (χ0n) is 17.0. The number of benzene rings is 2. The van der Waals surface area contributed by atoms with Crippen LogP contribution >= 0.6 is 0 Å². The van der Waals surface area contributed by atoms with E-state index in [1.807, 2.05) is 60.4 Å². The van der Waals surface area contributed by atoms with Gasteiger partial charge in [0.05, 0.1) is 6.10 Å². The van der Waals surface area contributed by atoms with Gasteiger partial charge >= 0.3 is 6.03 Å². The molecule has 154 valence electrons. The Morgan fingerprint density at radius 3 is 2.31 bits per heavy atom. The van der Waals surface area contributed by atoms with Crippen molar-refractivity contribution >= 4 is 11.8 Å². The predicted molar refractivity (Wildman–Crippen MR) is 114 cm³/mol. The van der Waals surface area contributed by atoms with Crippen LogP contribution in [0.15, 0.2) is 60.7 Å². The number of hydrogen-bond acceptors (Lipinski definition) is 3.